The number of rotatable bonds is 0. The van der Waals surface area contributed by atoms with Crippen molar-refractivity contribution in [1.29, 1.82) is 5.26 Å². The SMILES string of the molecule is N#Cc1ccc(N)c2c1[C@@H](N)CO2. The van der Waals surface area contributed by atoms with Crippen molar-refractivity contribution < 1.29 is 4.74 Å². The van der Waals surface area contributed by atoms with Gasteiger partial charge in [-0.1, -0.05) is 0 Å². The molecule has 4 N–H and O–H groups in total. The zero-order chi connectivity index (χ0) is 9.42. The minimum Gasteiger partial charge on any atom is -0.489 e. The average molecular weight is 175 g/mol. The first kappa shape index (κ1) is 7.90. The minimum absolute atomic E-state index is 0.229. The van der Waals surface area contributed by atoms with Gasteiger partial charge in [0.2, 0.25) is 0 Å². The normalized spacial score (nSPS) is 18.9. The van der Waals surface area contributed by atoms with Crippen molar-refractivity contribution in [3.8, 4) is 11.8 Å². The van der Waals surface area contributed by atoms with Crippen LogP contribution in [-0.2, 0) is 0 Å². The van der Waals surface area contributed by atoms with Crippen molar-refractivity contribution in [3.05, 3.63) is 23.3 Å². The molecule has 0 saturated heterocycles. The number of nitriles is 1. The standard InChI is InChI=1S/C9H9N3O/c10-3-5-1-2-6(11)9-8(5)7(12)4-13-9/h1-2,7H,4,11-12H2/t7-/m0/s1. The predicted molar refractivity (Wildman–Crippen MR) is 48.0 cm³/mol. The summed E-state index contributed by atoms with van der Waals surface area (Å²) in [6.07, 6.45) is 0. The fourth-order valence-corrected chi connectivity index (χ4v) is 1.50. The van der Waals surface area contributed by atoms with Crippen molar-refractivity contribution in [2.75, 3.05) is 12.3 Å². The molecule has 1 aromatic carbocycles. The van der Waals surface area contributed by atoms with Gasteiger partial charge in [-0.05, 0) is 12.1 Å². The smallest absolute Gasteiger partial charge is 0.148 e. The zero-order valence-electron chi connectivity index (χ0n) is 6.95. The summed E-state index contributed by atoms with van der Waals surface area (Å²) in [4.78, 5) is 0. The van der Waals surface area contributed by atoms with E-state index in [2.05, 4.69) is 6.07 Å². The summed E-state index contributed by atoms with van der Waals surface area (Å²) in [6, 6.07) is 5.17. The molecule has 0 aliphatic carbocycles. The number of nitrogens with two attached hydrogens (primary N) is 2. The first-order valence-corrected chi connectivity index (χ1v) is 3.95. The molecule has 0 aromatic heterocycles. The Hall–Kier alpha value is -1.73. The fourth-order valence-electron chi connectivity index (χ4n) is 1.50. The summed E-state index contributed by atoms with van der Waals surface area (Å²) < 4.78 is 5.28. The molecule has 4 heteroatoms. The molecule has 0 spiro atoms. The average Bonchev–Trinajstić information content (AvgIpc) is 2.51. The van der Waals surface area contributed by atoms with Crippen molar-refractivity contribution in [1.82, 2.24) is 0 Å². The molecule has 0 saturated carbocycles. The number of fused-ring (bicyclic) bond motifs is 1. The first-order valence-electron chi connectivity index (χ1n) is 3.95. The van der Waals surface area contributed by atoms with Gasteiger partial charge in [-0.15, -0.1) is 0 Å². The molecule has 13 heavy (non-hydrogen) atoms. The van der Waals surface area contributed by atoms with Crippen molar-refractivity contribution >= 4 is 5.69 Å². The number of hydrogen-bond acceptors (Lipinski definition) is 4. The number of hydrogen-bond donors (Lipinski definition) is 2. The maximum Gasteiger partial charge on any atom is 0.148 e. The molecule has 1 heterocycles. The van der Waals surface area contributed by atoms with Gasteiger partial charge in [0.15, 0.2) is 0 Å². The Kier molecular flexibility index (Phi) is 1.61. The quantitative estimate of drug-likeness (QED) is 0.563. The van der Waals surface area contributed by atoms with Crippen LogP contribution in [0.1, 0.15) is 17.2 Å². The van der Waals surface area contributed by atoms with Gasteiger partial charge in [0.25, 0.3) is 0 Å². The van der Waals surface area contributed by atoms with E-state index >= 15 is 0 Å². The first-order chi connectivity index (χ1) is 6.24. The van der Waals surface area contributed by atoms with E-state index in [1.807, 2.05) is 0 Å². The van der Waals surface area contributed by atoms with Crippen LogP contribution in [0.3, 0.4) is 0 Å². The largest absolute Gasteiger partial charge is 0.489 e. The van der Waals surface area contributed by atoms with Gasteiger partial charge in [-0.3, -0.25) is 0 Å². The summed E-state index contributed by atoms with van der Waals surface area (Å²) >= 11 is 0. The summed E-state index contributed by atoms with van der Waals surface area (Å²) in [7, 11) is 0. The van der Waals surface area contributed by atoms with E-state index in [0.29, 0.717) is 23.6 Å². The van der Waals surface area contributed by atoms with E-state index in [1.165, 1.54) is 0 Å². The fraction of sp³-hybridized carbons (Fsp3) is 0.222. The van der Waals surface area contributed by atoms with E-state index in [1.54, 1.807) is 12.1 Å². The number of benzene rings is 1. The molecule has 1 aliphatic rings. The summed E-state index contributed by atoms with van der Waals surface area (Å²) in [5, 5.41) is 8.81. The molecule has 1 aromatic rings. The number of nitrogens with zero attached hydrogens (tertiary/aromatic N) is 1. The van der Waals surface area contributed by atoms with Crippen molar-refractivity contribution in [2.45, 2.75) is 6.04 Å². The highest BCUT2D eigenvalue weighted by atomic mass is 16.5. The number of nitrogen functional groups attached to an aromatic ring is 1. The highest BCUT2D eigenvalue weighted by molar-refractivity contribution is 5.64. The second-order valence-electron chi connectivity index (χ2n) is 2.97. The van der Waals surface area contributed by atoms with Crippen molar-refractivity contribution in [3.63, 3.8) is 0 Å². The Morgan fingerprint density at radius 2 is 2.31 bits per heavy atom. The van der Waals surface area contributed by atoms with Gasteiger partial charge in [0, 0.05) is 5.56 Å². The van der Waals surface area contributed by atoms with E-state index in [4.69, 9.17) is 21.5 Å². The molecule has 66 valence electrons. The molecule has 1 atom stereocenters. The number of ether oxygens (including phenoxy) is 1. The van der Waals surface area contributed by atoms with Crippen LogP contribution in [0.4, 0.5) is 5.69 Å². The van der Waals surface area contributed by atoms with Gasteiger partial charge < -0.3 is 16.2 Å². The van der Waals surface area contributed by atoms with Gasteiger partial charge in [0.05, 0.1) is 23.4 Å². The minimum atomic E-state index is -0.229. The monoisotopic (exact) mass is 175 g/mol. The maximum absolute atomic E-state index is 8.81. The molecule has 0 radical (unpaired) electrons. The Bertz CT molecular complexity index is 395. The van der Waals surface area contributed by atoms with Crippen LogP contribution in [0.2, 0.25) is 0 Å². The third-order valence-corrected chi connectivity index (χ3v) is 2.13. The Labute approximate surface area is 75.7 Å². The van der Waals surface area contributed by atoms with Gasteiger partial charge in [0.1, 0.15) is 12.4 Å². The lowest BCUT2D eigenvalue weighted by Crippen LogP contribution is -2.11. The third kappa shape index (κ3) is 1.02. The summed E-state index contributed by atoms with van der Waals surface area (Å²) in [5.74, 6) is 0.576. The highest BCUT2D eigenvalue weighted by Gasteiger charge is 2.25. The van der Waals surface area contributed by atoms with Crippen LogP contribution >= 0.6 is 0 Å². The van der Waals surface area contributed by atoms with Crippen LogP contribution < -0.4 is 16.2 Å². The van der Waals surface area contributed by atoms with E-state index < -0.39 is 0 Å². The molecular formula is C9H9N3O. The summed E-state index contributed by atoms with van der Waals surface area (Å²) in [5.41, 5.74) is 13.3. The molecule has 0 amide bonds. The van der Waals surface area contributed by atoms with Crippen LogP contribution in [0.25, 0.3) is 0 Å². The second-order valence-corrected chi connectivity index (χ2v) is 2.97. The lowest BCUT2D eigenvalue weighted by Gasteiger charge is -2.04. The summed E-state index contributed by atoms with van der Waals surface area (Å²) in [6.45, 7) is 0.401. The van der Waals surface area contributed by atoms with Crippen LogP contribution in [0, 0.1) is 11.3 Å². The van der Waals surface area contributed by atoms with Gasteiger partial charge in [-0.25, -0.2) is 0 Å². The molecule has 0 bridgehead atoms. The Morgan fingerprint density at radius 1 is 1.54 bits per heavy atom. The maximum atomic E-state index is 8.81. The van der Waals surface area contributed by atoms with Gasteiger partial charge >= 0.3 is 0 Å². The predicted octanol–water partition coefficient (Wildman–Crippen LogP) is 0.533. The van der Waals surface area contributed by atoms with Crippen LogP contribution in [0.15, 0.2) is 12.1 Å². The molecule has 4 nitrogen and oxygen atoms in total. The van der Waals surface area contributed by atoms with E-state index in [-0.39, 0.29) is 6.04 Å². The van der Waals surface area contributed by atoms with Gasteiger partial charge in [-0.2, -0.15) is 5.26 Å². The van der Waals surface area contributed by atoms with E-state index in [9.17, 15) is 0 Å². The molecule has 0 fully saturated rings. The lowest BCUT2D eigenvalue weighted by atomic mass is 10.0. The Morgan fingerprint density at radius 3 is 3.00 bits per heavy atom. The topological polar surface area (TPSA) is 85.1 Å². The molecule has 0 unspecified atom stereocenters. The third-order valence-electron chi connectivity index (χ3n) is 2.13. The Balaban J connectivity index is 2.68. The molecule has 1 aliphatic heterocycles. The van der Waals surface area contributed by atoms with Crippen LogP contribution in [-0.4, -0.2) is 6.61 Å². The van der Waals surface area contributed by atoms with Crippen LogP contribution in [0.5, 0.6) is 5.75 Å². The molecule has 2 rings (SSSR count). The highest BCUT2D eigenvalue weighted by Crippen LogP contribution is 2.38. The van der Waals surface area contributed by atoms with Crippen molar-refractivity contribution in [2.24, 2.45) is 5.73 Å². The van der Waals surface area contributed by atoms with E-state index in [0.717, 1.165) is 5.56 Å². The lowest BCUT2D eigenvalue weighted by molar-refractivity contribution is 0.334. The zero-order valence-corrected chi connectivity index (χ0v) is 6.95. The number of anilines is 1. The molecular weight excluding hydrogens is 166 g/mol. The second kappa shape index (κ2) is 2.64.